The quantitative estimate of drug-likeness (QED) is 0.590. The van der Waals surface area contributed by atoms with Crippen molar-refractivity contribution in [1.82, 2.24) is 0 Å². The van der Waals surface area contributed by atoms with Gasteiger partial charge < -0.3 is 8.83 Å². The standard InChI is InChI=1S/C12H7BrO3/c1-6-4-9-11(15-6)8-5-7(13)2-3-10(8)16-12(9)14/h2-5H,1H3. The smallest absolute Gasteiger partial charge is 0.347 e. The van der Waals surface area contributed by atoms with Crippen molar-refractivity contribution in [3.05, 3.63) is 44.9 Å². The molecule has 16 heavy (non-hydrogen) atoms. The third kappa shape index (κ3) is 1.30. The SMILES string of the molecule is Cc1cc2c(=O)oc3ccc(Br)cc3c2o1. The van der Waals surface area contributed by atoms with Gasteiger partial charge >= 0.3 is 5.63 Å². The molecule has 0 N–H and O–H groups in total. The Labute approximate surface area is 98.8 Å². The lowest BCUT2D eigenvalue weighted by Crippen LogP contribution is -1.97. The predicted octanol–water partition coefficient (Wildman–Crippen LogP) is 3.61. The Hall–Kier alpha value is -1.55. The van der Waals surface area contributed by atoms with Crippen LogP contribution in [0.3, 0.4) is 0 Å². The van der Waals surface area contributed by atoms with Crippen molar-refractivity contribution in [1.29, 1.82) is 0 Å². The first-order chi connectivity index (χ1) is 7.65. The van der Waals surface area contributed by atoms with E-state index >= 15 is 0 Å². The van der Waals surface area contributed by atoms with E-state index in [9.17, 15) is 4.79 Å². The first-order valence-electron chi connectivity index (χ1n) is 4.77. The second kappa shape index (κ2) is 3.22. The second-order valence-corrected chi connectivity index (χ2v) is 4.55. The molecule has 4 heteroatoms. The van der Waals surface area contributed by atoms with Gasteiger partial charge in [0.15, 0.2) is 5.58 Å². The highest BCUT2D eigenvalue weighted by Crippen LogP contribution is 2.27. The summed E-state index contributed by atoms with van der Waals surface area (Å²) in [5.41, 5.74) is 0.766. The van der Waals surface area contributed by atoms with Crippen molar-refractivity contribution in [2.75, 3.05) is 0 Å². The van der Waals surface area contributed by atoms with Crippen molar-refractivity contribution < 1.29 is 8.83 Å². The summed E-state index contributed by atoms with van der Waals surface area (Å²) in [7, 11) is 0. The fraction of sp³-hybridized carbons (Fsp3) is 0.0833. The molecule has 3 rings (SSSR count). The maximum absolute atomic E-state index is 11.7. The minimum atomic E-state index is -0.360. The molecular weight excluding hydrogens is 272 g/mol. The Morgan fingerprint density at radius 1 is 1.12 bits per heavy atom. The van der Waals surface area contributed by atoms with Crippen LogP contribution >= 0.6 is 15.9 Å². The molecule has 3 aromatic rings. The average molecular weight is 279 g/mol. The van der Waals surface area contributed by atoms with Crippen LogP contribution in [0.5, 0.6) is 0 Å². The molecular formula is C12H7BrO3. The highest BCUT2D eigenvalue weighted by molar-refractivity contribution is 9.10. The van der Waals surface area contributed by atoms with Crippen LogP contribution in [0.4, 0.5) is 0 Å². The number of fused-ring (bicyclic) bond motifs is 3. The monoisotopic (exact) mass is 278 g/mol. The molecule has 0 bridgehead atoms. The van der Waals surface area contributed by atoms with Crippen LogP contribution in [-0.2, 0) is 0 Å². The third-order valence-electron chi connectivity index (χ3n) is 2.46. The molecule has 0 unspecified atom stereocenters. The number of rotatable bonds is 0. The zero-order valence-electron chi connectivity index (χ0n) is 8.41. The van der Waals surface area contributed by atoms with Crippen LogP contribution < -0.4 is 5.63 Å². The van der Waals surface area contributed by atoms with E-state index in [-0.39, 0.29) is 5.63 Å². The van der Waals surface area contributed by atoms with Crippen LogP contribution in [0.1, 0.15) is 5.76 Å². The van der Waals surface area contributed by atoms with Gasteiger partial charge in [0, 0.05) is 4.47 Å². The Morgan fingerprint density at radius 3 is 2.75 bits per heavy atom. The number of furan rings is 1. The van der Waals surface area contributed by atoms with Crippen molar-refractivity contribution in [3.8, 4) is 0 Å². The van der Waals surface area contributed by atoms with Crippen LogP contribution in [0.25, 0.3) is 21.9 Å². The molecule has 0 saturated heterocycles. The molecule has 2 heterocycles. The molecule has 0 aliphatic heterocycles. The van der Waals surface area contributed by atoms with E-state index in [0.29, 0.717) is 22.3 Å². The highest BCUT2D eigenvalue weighted by Gasteiger charge is 2.11. The van der Waals surface area contributed by atoms with Gasteiger partial charge in [0.2, 0.25) is 0 Å². The topological polar surface area (TPSA) is 43.4 Å². The summed E-state index contributed by atoms with van der Waals surface area (Å²) in [5, 5.41) is 1.29. The Balaban J connectivity index is 2.65. The van der Waals surface area contributed by atoms with Gasteiger partial charge in [0.05, 0.1) is 5.39 Å². The number of hydrogen-bond donors (Lipinski definition) is 0. The largest absolute Gasteiger partial charge is 0.460 e. The van der Waals surface area contributed by atoms with Crippen molar-refractivity contribution in [3.63, 3.8) is 0 Å². The van der Waals surface area contributed by atoms with Crippen molar-refractivity contribution >= 4 is 37.9 Å². The van der Waals surface area contributed by atoms with Crippen LogP contribution in [0.15, 0.2) is 42.4 Å². The first kappa shape index (κ1) is 9.66. The molecule has 80 valence electrons. The van der Waals surface area contributed by atoms with E-state index < -0.39 is 0 Å². The van der Waals surface area contributed by atoms with Crippen molar-refractivity contribution in [2.24, 2.45) is 0 Å². The van der Waals surface area contributed by atoms with Crippen molar-refractivity contribution in [2.45, 2.75) is 6.92 Å². The van der Waals surface area contributed by atoms with E-state index in [1.54, 1.807) is 12.1 Å². The highest BCUT2D eigenvalue weighted by atomic mass is 79.9. The number of aryl methyl sites for hydroxylation is 1. The Morgan fingerprint density at radius 2 is 1.94 bits per heavy atom. The number of hydrogen-bond acceptors (Lipinski definition) is 3. The van der Waals surface area contributed by atoms with Gasteiger partial charge in [-0.15, -0.1) is 0 Å². The summed E-state index contributed by atoms with van der Waals surface area (Å²) < 4.78 is 11.7. The molecule has 0 aliphatic rings. The molecule has 0 radical (unpaired) electrons. The summed E-state index contributed by atoms with van der Waals surface area (Å²) in [6, 6.07) is 7.15. The lowest BCUT2D eigenvalue weighted by atomic mass is 10.2. The normalized spacial score (nSPS) is 11.4. The summed E-state index contributed by atoms with van der Waals surface area (Å²) in [4.78, 5) is 11.7. The lowest BCUT2D eigenvalue weighted by molar-refractivity contribution is 0.559. The summed E-state index contributed by atoms with van der Waals surface area (Å²) in [5.74, 6) is 0.703. The third-order valence-corrected chi connectivity index (χ3v) is 2.96. The fourth-order valence-electron chi connectivity index (χ4n) is 1.79. The van der Waals surface area contributed by atoms with E-state index in [2.05, 4.69) is 15.9 Å². The number of benzene rings is 1. The van der Waals surface area contributed by atoms with Gasteiger partial charge in [-0.3, -0.25) is 0 Å². The minimum Gasteiger partial charge on any atom is -0.460 e. The molecule has 1 aromatic carbocycles. The molecule has 0 spiro atoms. The molecule has 2 aromatic heterocycles. The van der Waals surface area contributed by atoms with Crippen LogP contribution in [-0.4, -0.2) is 0 Å². The summed E-state index contributed by atoms with van der Waals surface area (Å²) in [6.45, 7) is 1.81. The maximum atomic E-state index is 11.7. The van der Waals surface area contributed by atoms with Gasteiger partial charge in [-0.05, 0) is 31.2 Å². The summed E-state index contributed by atoms with van der Waals surface area (Å²) >= 11 is 3.38. The van der Waals surface area contributed by atoms with Crippen LogP contribution in [0.2, 0.25) is 0 Å². The first-order valence-corrected chi connectivity index (χ1v) is 5.57. The zero-order valence-corrected chi connectivity index (χ0v) is 10.00. The molecule has 0 fully saturated rings. The lowest BCUT2D eigenvalue weighted by Gasteiger charge is -1.97. The van der Waals surface area contributed by atoms with E-state index in [0.717, 1.165) is 9.86 Å². The second-order valence-electron chi connectivity index (χ2n) is 3.63. The molecule has 0 atom stereocenters. The molecule has 0 saturated carbocycles. The van der Waals surface area contributed by atoms with E-state index in [4.69, 9.17) is 8.83 Å². The Kier molecular flexibility index (Phi) is 1.94. The molecule has 3 nitrogen and oxygen atoms in total. The predicted molar refractivity (Wildman–Crippen MR) is 64.7 cm³/mol. The van der Waals surface area contributed by atoms with E-state index in [1.807, 2.05) is 19.1 Å². The summed E-state index contributed by atoms with van der Waals surface area (Å²) in [6.07, 6.45) is 0. The minimum absolute atomic E-state index is 0.360. The maximum Gasteiger partial charge on any atom is 0.347 e. The molecule has 0 amide bonds. The fourth-order valence-corrected chi connectivity index (χ4v) is 2.15. The Bertz CT molecular complexity index is 752. The zero-order chi connectivity index (χ0) is 11.3. The van der Waals surface area contributed by atoms with Gasteiger partial charge in [-0.1, -0.05) is 15.9 Å². The van der Waals surface area contributed by atoms with E-state index in [1.165, 1.54) is 0 Å². The average Bonchev–Trinajstić information content (AvgIpc) is 2.62. The molecule has 0 aliphatic carbocycles. The van der Waals surface area contributed by atoms with Crippen LogP contribution in [0, 0.1) is 6.92 Å². The van der Waals surface area contributed by atoms with Gasteiger partial charge in [-0.2, -0.15) is 0 Å². The van der Waals surface area contributed by atoms with Gasteiger partial charge in [0.25, 0.3) is 0 Å². The number of halogens is 1. The van der Waals surface area contributed by atoms with Gasteiger partial charge in [0.1, 0.15) is 16.7 Å². The van der Waals surface area contributed by atoms with Gasteiger partial charge in [-0.25, -0.2) is 4.79 Å².